The highest BCUT2D eigenvalue weighted by atomic mass is 35.5. The second kappa shape index (κ2) is 7.17. The molecular weight excluding hydrogens is 317 g/mol. The topological polar surface area (TPSA) is 20.3 Å². The van der Waals surface area contributed by atoms with E-state index >= 15 is 0 Å². The van der Waals surface area contributed by atoms with E-state index in [-0.39, 0.29) is 5.91 Å². The van der Waals surface area contributed by atoms with Crippen molar-refractivity contribution >= 4 is 34.8 Å². The maximum atomic E-state index is 12.1. The van der Waals surface area contributed by atoms with E-state index in [9.17, 15) is 4.79 Å². The molecule has 4 heteroatoms. The van der Waals surface area contributed by atoms with Crippen LogP contribution in [0.25, 0.3) is 0 Å². The summed E-state index contributed by atoms with van der Waals surface area (Å²) in [5.41, 5.74) is 4.04. The van der Waals surface area contributed by atoms with Crippen LogP contribution in [0.4, 0.5) is 5.69 Å². The van der Waals surface area contributed by atoms with Crippen LogP contribution in [0.2, 0.25) is 10.0 Å². The number of hydrogen-bond acceptors (Lipinski definition) is 1. The number of carbonyl (C=O) groups is 1. The highest BCUT2D eigenvalue weighted by molar-refractivity contribution is 6.32. The van der Waals surface area contributed by atoms with Crippen molar-refractivity contribution in [3.05, 3.63) is 63.1 Å². The molecule has 0 atom stereocenters. The van der Waals surface area contributed by atoms with Crippen molar-refractivity contribution in [3.63, 3.8) is 0 Å². The lowest BCUT2D eigenvalue weighted by molar-refractivity contribution is -0.116. The Kier molecular flexibility index (Phi) is 5.49. The Hall–Kier alpha value is -1.51. The zero-order valence-corrected chi connectivity index (χ0v) is 14.5. The van der Waals surface area contributed by atoms with Gasteiger partial charge in [-0.05, 0) is 55.2 Å². The summed E-state index contributed by atoms with van der Waals surface area (Å²) in [6, 6.07) is 11.5. The van der Waals surface area contributed by atoms with E-state index in [1.165, 1.54) is 0 Å². The van der Waals surface area contributed by atoms with Crippen molar-refractivity contribution in [3.8, 4) is 0 Å². The largest absolute Gasteiger partial charge is 0.312 e. The van der Waals surface area contributed by atoms with Crippen molar-refractivity contribution in [1.82, 2.24) is 0 Å². The third-order valence-corrected chi connectivity index (χ3v) is 4.42. The van der Waals surface area contributed by atoms with Crippen LogP contribution in [-0.4, -0.2) is 12.5 Å². The second-order valence-electron chi connectivity index (χ2n) is 5.39. The standard InChI is InChI=1S/C18H19Cl2NO/c1-12-4-9-17(20)13(2)18(12)21(14(3)22)11-10-15-5-7-16(19)8-6-15/h4-9H,10-11H2,1-3H3. The third-order valence-electron chi connectivity index (χ3n) is 3.75. The van der Waals surface area contributed by atoms with Gasteiger partial charge in [0.25, 0.3) is 0 Å². The summed E-state index contributed by atoms with van der Waals surface area (Å²) in [5.74, 6) is 0.0161. The minimum atomic E-state index is 0.0161. The van der Waals surface area contributed by atoms with Gasteiger partial charge in [0.1, 0.15) is 0 Å². The monoisotopic (exact) mass is 335 g/mol. The lowest BCUT2D eigenvalue weighted by Gasteiger charge is -2.25. The van der Waals surface area contributed by atoms with Gasteiger partial charge in [0, 0.05) is 23.5 Å². The molecular formula is C18H19Cl2NO. The van der Waals surface area contributed by atoms with Crippen molar-refractivity contribution in [1.29, 1.82) is 0 Å². The number of rotatable bonds is 4. The van der Waals surface area contributed by atoms with E-state index in [0.29, 0.717) is 16.6 Å². The molecule has 0 heterocycles. The van der Waals surface area contributed by atoms with Crippen LogP contribution in [0, 0.1) is 13.8 Å². The molecule has 0 aliphatic carbocycles. The SMILES string of the molecule is CC(=O)N(CCc1ccc(Cl)cc1)c1c(C)ccc(Cl)c1C. The summed E-state index contributed by atoms with van der Waals surface area (Å²) in [6.07, 6.45) is 0.766. The summed E-state index contributed by atoms with van der Waals surface area (Å²) in [5, 5.41) is 1.40. The van der Waals surface area contributed by atoms with Crippen LogP contribution in [0.5, 0.6) is 0 Å². The van der Waals surface area contributed by atoms with Crippen molar-refractivity contribution in [2.24, 2.45) is 0 Å². The Morgan fingerprint density at radius 2 is 1.68 bits per heavy atom. The molecule has 0 aliphatic rings. The molecule has 116 valence electrons. The smallest absolute Gasteiger partial charge is 0.223 e. The molecule has 22 heavy (non-hydrogen) atoms. The molecule has 0 unspecified atom stereocenters. The average Bonchev–Trinajstić information content (AvgIpc) is 2.48. The van der Waals surface area contributed by atoms with Gasteiger partial charge in [0.05, 0.1) is 5.69 Å². The summed E-state index contributed by atoms with van der Waals surface area (Å²) in [4.78, 5) is 13.9. The predicted molar refractivity (Wildman–Crippen MR) is 94.1 cm³/mol. The van der Waals surface area contributed by atoms with E-state index in [4.69, 9.17) is 23.2 Å². The van der Waals surface area contributed by atoms with Gasteiger partial charge in [-0.1, -0.05) is 41.4 Å². The van der Waals surface area contributed by atoms with Gasteiger partial charge in [-0.3, -0.25) is 4.79 Å². The van der Waals surface area contributed by atoms with Gasteiger partial charge in [-0.15, -0.1) is 0 Å². The van der Waals surface area contributed by atoms with E-state index in [1.807, 2.05) is 50.2 Å². The fourth-order valence-electron chi connectivity index (χ4n) is 2.54. The molecule has 2 rings (SSSR count). The zero-order chi connectivity index (χ0) is 16.3. The fraction of sp³-hybridized carbons (Fsp3) is 0.278. The Balaban J connectivity index is 2.26. The molecule has 0 aromatic heterocycles. The fourth-order valence-corrected chi connectivity index (χ4v) is 2.82. The Morgan fingerprint density at radius 1 is 1.05 bits per heavy atom. The number of amides is 1. The van der Waals surface area contributed by atoms with Crippen LogP contribution in [0.3, 0.4) is 0 Å². The number of carbonyl (C=O) groups excluding carboxylic acids is 1. The first-order chi connectivity index (χ1) is 10.4. The lowest BCUT2D eigenvalue weighted by Crippen LogP contribution is -2.32. The van der Waals surface area contributed by atoms with E-state index in [1.54, 1.807) is 11.8 Å². The maximum absolute atomic E-state index is 12.1. The minimum Gasteiger partial charge on any atom is -0.312 e. The molecule has 2 aromatic rings. The first kappa shape index (κ1) is 16.9. The normalized spacial score (nSPS) is 10.6. The number of benzene rings is 2. The molecule has 0 spiro atoms. The van der Waals surface area contributed by atoms with E-state index in [2.05, 4.69) is 0 Å². The molecule has 2 nitrogen and oxygen atoms in total. The van der Waals surface area contributed by atoms with Crippen LogP contribution >= 0.6 is 23.2 Å². The van der Waals surface area contributed by atoms with Gasteiger partial charge in [0.15, 0.2) is 0 Å². The summed E-state index contributed by atoms with van der Waals surface area (Å²) in [7, 11) is 0. The molecule has 0 N–H and O–H groups in total. The highest BCUT2D eigenvalue weighted by Crippen LogP contribution is 2.30. The number of aryl methyl sites for hydroxylation is 1. The number of anilines is 1. The number of halogens is 2. The highest BCUT2D eigenvalue weighted by Gasteiger charge is 2.17. The minimum absolute atomic E-state index is 0.0161. The summed E-state index contributed by atoms with van der Waals surface area (Å²) in [6.45, 7) is 6.14. The molecule has 1 amide bonds. The van der Waals surface area contributed by atoms with Gasteiger partial charge in [0.2, 0.25) is 5.91 Å². The summed E-state index contributed by atoms with van der Waals surface area (Å²) < 4.78 is 0. The Bertz CT molecular complexity index is 680. The molecule has 0 bridgehead atoms. The van der Waals surface area contributed by atoms with Crippen molar-refractivity contribution in [2.45, 2.75) is 27.2 Å². The van der Waals surface area contributed by atoms with Crippen molar-refractivity contribution < 1.29 is 4.79 Å². The van der Waals surface area contributed by atoms with Crippen LogP contribution in [0.1, 0.15) is 23.6 Å². The number of nitrogens with zero attached hydrogens (tertiary/aromatic N) is 1. The van der Waals surface area contributed by atoms with Crippen molar-refractivity contribution in [2.75, 3.05) is 11.4 Å². The summed E-state index contributed by atoms with van der Waals surface area (Å²) >= 11 is 12.1. The van der Waals surface area contributed by atoms with E-state index in [0.717, 1.165) is 28.8 Å². The molecule has 0 radical (unpaired) electrons. The molecule has 0 aliphatic heterocycles. The zero-order valence-electron chi connectivity index (χ0n) is 13.0. The molecule has 0 saturated carbocycles. The third kappa shape index (κ3) is 3.82. The van der Waals surface area contributed by atoms with Gasteiger partial charge >= 0.3 is 0 Å². The maximum Gasteiger partial charge on any atom is 0.223 e. The van der Waals surface area contributed by atoms with Crippen LogP contribution < -0.4 is 4.90 Å². The first-order valence-electron chi connectivity index (χ1n) is 7.18. The second-order valence-corrected chi connectivity index (χ2v) is 6.23. The van der Waals surface area contributed by atoms with Crippen LogP contribution in [0.15, 0.2) is 36.4 Å². The predicted octanol–water partition coefficient (Wildman–Crippen LogP) is 5.21. The number of hydrogen-bond donors (Lipinski definition) is 0. The average molecular weight is 336 g/mol. The Morgan fingerprint density at radius 3 is 2.27 bits per heavy atom. The molecule has 0 fully saturated rings. The van der Waals surface area contributed by atoms with Crippen LogP contribution in [-0.2, 0) is 11.2 Å². The Labute approximate surface area is 141 Å². The molecule has 2 aromatic carbocycles. The molecule has 0 saturated heterocycles. The quantitative estimate of drug-likeness (QED) is 0.751. The van der Waals surface area contributed by atoms with Gasteiger partial charge in [-0.2, -0.15) is 0 Å². The van der Waals surface area contributed by atoms with Gasteiger partial charge < -0.3 is 4.90 Å². The first-order valence-corrected chi connectivity index (χ1v) is 7.94. The van der Waals surface area contributed by atoms with E-state index < -0.39 is 0 Å². The van der Waals surface area contributed by atoms with Gasteiger partial charge in [-0.25, -0.2) is 0 Å². The lowest BCUT2D eigenvalue weighted by atomic mass is 10.1.